The van der Waals surface area contributed by atoms with E-state index in [1.807, 2.05) is 24.3 Å². The number of rotatable bonds is 9. The number of carbonyl (C=O) groups excluding carboxylic acids is 1. The lowest BCUT2D eigenvalue weighted by Crippen LogP contribution is -2.36. The summed E-state index contributed by atoms with van der Waals surface area (Å²) in [5.74, 6) is 0.615. The quantitative estimate of drug-likeness (QED) is 0.549. The fraction of sp³-hybridized carbons (Fsp3) is 0.435. The van der Waals surface area contributed by atoms with Crippen LogP contribution in [-0.2, 0) is 6.42 Å². The number of β-amino-alcohol motifs (C(OH)–C–C–N with tert-alkyl or cyclic N) is 1. The maximum absolute atomic E-state index is 12.1. The Labute approximate surface area is 193 Å². The van der Waals surface area contributed by atoms with E-state index in [1.54, 1.807) is 19.2 Å². The maximum atomic E-state index is 12.1. The van der Waals surface area contributed by atoms with Crippen LogP contribution in [0.15, 0.2) is 36.4 Å². The van der Waals surface area contributed by atoms with Gasteiger partial charge in [0.25, 0.3) is 5.91 Å². The van der Waals surface area contributed by atoms with Gasteiger partial charge in [-0.25, -0.2) is 0 Å². The number of likely N-dealkylation sites (tertiary alicyclic amines) is 1. The van der Waals surface area contributed by atoms with Gasteiger partial charge in [-0.2, -0.15) is 0 Å². The van der Waals surface area contributed by atoms with E-state index in [2.05, 4.69) is 10.2 Å². The average Bonchev–Trinajstić information content (AvgIpc) is 3.13. The second-order valence-corrected chi connectivity index (χ2v) is 8.66. The van der Waals surface area contributed by atoms with E-state index < -0.39 is 5.60 Å². The van der Waals surface area contributed by atoms with Gasteiger partial charge in [0.15, 0.2) is 0 Å². The highest BCUT2D eigenvalue weighted by atomic mass is 35.5. The summed E-state index contributed by atoms with van der Waals surface area (Å²) in [7, 11) is 3.08. The molecule has 8 heteroatoms. The molecule has 2 aromatic carbocycles. The van der Waals surface area contributed by atoms with E-state index in [9.17, 15) is 9.90 Å². The van der Waals surface area contributed by atoms with Crippen molar-refractivity contribution in [1.82, 2.24) is 10.2 Å². The molecule has 0 spiro atoms. The Morgan fingerprint density at radius 3 is 2.65 bits per heavy atom. The number of hydrogen-bond acceptors (Lipinski definition) is 5. The first-order valence-electron chi connectivity index (χ1n) is 10.2. The first-order chi connectivity index (χ1) is 14.8. The fourth-order valence-electron chi connectivity index (χ4n) is 3.85. The average molecular weight is 467 g/mol. The van der Waals surface area contributed by atoms with Gasteiger partial charge in [-0.05, 0) is 36.6 Å². The van der Waals surface area contributed by atoms with Gasteiger partial charge in [0.1, 0.15) is 11.5 Å². The topological polar surface area (TPSA) is 71.0 Å². The molecule has 0 aliphatic carbocycles. The molecule has 1 aliphatic rings. The van der Waals surface area contributed by atoms with Crippen LogP contribution in [0.3, 0.4) is 0 Å². The van der Waals surface area contributed by atoms with E-state index in [4.69, 9.17) is 32.7 Å². The van der Waals surface area contributed by atoms with Gasteiger partial charge >= 0.3 is 0 Å². The largest absolute Gasteiger partial charge is 0.495 e. The summed E-state index contributed by atoms with van der Waals surface area (Å²) in [5, 5.41) is 14.6. The number of amides is 1. The van der Waals surface area contributed by atoms with Crippen molar-refractivity contribution in [3.63, 3.8) is 0 Å². The molecule has 6 nitrogen and oxygen atoms in total. The summed E-state index contributed by atoms with van der Waals surface area (Å²) in [6.45, 7) is 2.68. The van der Waals surface area contributed by atoms with Crippen LogP contribution in [0, 0.1) is 0 Å². The highest BCUT2D eigenvalue weighted by Crippen LogP contribution is 2.33. The van der Waals surface area contributed by atoms with Crippen molar-refractivity contribution < 1.29 is 19.4 Å². The summed E-state index contributed by atoms with van der Waals surface area (Å²) in [4.78, 5) is 14.4. The van der Waals surface area contributed by atoms with Crippen LogP contribution < -0.4 is 14.8 Å². The second-order valence-electron chi connectivity index (χ2n) is 7.82. The molecule has 1 unspecified atom stereocenters. The van der Waals surface area contributed by atoms with E-state index in [0.717, 1.165) is 31.5 Å². The number of benzene rings is 2. The predicted octanol–water partition coefficient (Wildman–Crippen LogP) is 3.81. The molecule has 31 heavy (non-hydrogen) atoms. The van der Waals surface area contributed by atoms with Crippen molar-refractivity contribution in [3.05, 3.63) is 57.6 Å². The molecule has 0 saturated carbocycles. The first-order valence-corrected chi connectivity index (χ1v) is 11.0. The summed E-state index contributed by atoms with van der Waals surface area (Å²) >= 11 is 12.1. The minimum Gasteiger partial charge on any atom is -0.495 e. The minimum atomic E-state index is -0.732. The third-order valence-corrected chi connectivity index (χ3v) is 6.01. The molecule has 1 heterocycles. The Morgan fingerprint density at radius 1 is 1.23 bits per heavy atom. The molecule has 2 N–H and O–H groups in total. The van der Waals surface area contributed by atoms with E-state index in [-0.39, 0.29) is 5.91 Å². The number of aliphatic hydroxyl groups is 1. The number of methoxy groups -OCH3 is 1. The van der Waals surface area contributed by atoms with Crippen LogP contribution in [0.25, 0.3) is 0 Å². The van der Waals surface area contributed by atoms with Crippen LogP contribution in [0.4, 0.5) is 0 Å². The predicted molar refractivity (Wildman–Crippen MR) is 123 cm³/mol. The Morgan fingerprint density at radius 2 is 1.97 bits per heavy atom. The number of nitrogens with one attached hydrogen (secondary N) is 1. The summed E-state index contributed by atoms with van der Waals surface area (Å²) < 4.78 is 11.1. The van der Waals surface area contributed by atoms with Gasteiger partial charge in [0.2, 0.25) is 0 Å². The molecular formula is C23H28Cl2N2O4. The van der Waals surface area contributed by atoms with Crippen molar-refractivity contribution in [2.75, 3.05) is 40.4 Å². The minimum absolute atomic E-state index is 0.272. The molecule has 0 aromatic heterocycles. The van der Waals surface area contributed by atoms with Gasteiger partial charge in [0, 0.05) is 44.2 Å². The zero-order chi connectivity index (χ0) is 22.4. The van der Waals surface area contributed by atoms with Gasteiger partial charge in [-0.1, -0.05) is 35.3 Å². The molecule has 3 rings (SSSR count). The summed E-state index contributed by atoms with van der Waals surface area (Å²) in [5.41, 5.74) is 0.715. The van der Waals surface area contributed by atoms with Crippen molar-refractivity contribution in [2.45, 2.75) is 24.9 Å². The third-order valence-electron chi connectivity index (χ3n) is 5.46. The number of nitrogens with zero attached hydrogens (tertiary/aromatic N) is 1. The molecule has 2 aromatic rings. The summed E-state index contributed by atoms with van der Waals surface area (Å²) in [6.07, 6.45) is 2.10. The van der Waals surface area contributed by atoms with Crippen molar-refractivity contribution in [3.8, 4) is 11.5 Å². The number of carbonyl (C=O) groups is 1. The molecule has 0 bridgehead atoms. The first kappa shape index (κ1) is 23.7. The third kappa shape index (κ3) is 6.26. The van der Waals surface area contributed by atoms with Gasteiger partial charge < -0.3 is 24.8 Å². The smallest absolute Gasteiger partial charge is 0.254 e. The monoisotopic (exact) mass is 466 g/mol. The van der Waals surface area contributed by atoms with Crippen molar-refractivity contribution >= 4 is 29.1 Å². The SMILES string of the molecule is CNC(=O)c1cc(Cl)c(OC)cc1OCCCN1CCC(O)(Cc2ccc(Cl)cc2)C1. The number of hydrogen-bond donors (Lipinski definition) is 2. The number of halogens is 2. The highest BCUT2D eigenvalue weighted by molar-refractivity contribution is 6.32. The molecule has 168 valence electrons. The van der Waals surface area contributed by atoms with E-state index >= 15 is 0 Å². The zero-order valence-corrected chi connectivity index (χ0v) is 19.3. The highest BCUT2D eigenvalue weighted by Gasteiger charge is 2.35. The lowest BCUT2D eigenvalue weighted by Gasteiger charge is -2.24. The molecule has 1 fully saturated rings. The fourth-order valence-corrected chi connectivity index (χ4v) is 4.22. The summed E-state index contributed by atoms with van der Waals surface area (Å²) in [6, 6.07) is 10.8. The molecule has 0 radical (unpaired) electrons. The van der Waals surface area contributed by atoms with Crippen molar-refractivity contribution in [2.24, 2.45) is 0 Å². The van der Waals surface area contributed by atoms with E-state index in [1.165, 1.54) is 7.11 Å². The Bertz CT molecular complexity index is 907. The van der Waals surface area contributed by atoms with Crippen LogP contribution >= 0.6 is 23.2 Å². The lowest BCUT2D eigenvalue weighted by molar-refractivity contribution is 0.0491. The second kappa shape index (κ2) is 10.6. The normalized spacial score (nSPS) is 18.7. The van der Waals surface area contributed by atoms with Gasteiger partial charge in [-0.15, -0.1) is 0 Å². The zero-order valence-electron chi connectivity index (χ0n) is 17.8. The Hall–Kier alpha value is -1.99. The van der Waals surface area contributed by atoms with Gasteiger partial charge in [0.05, 0.1) is 29.9 Å². The standard InChI is InChI=1S/C23H28Cl2N2O4/c1-26-22(28)18-12-19(25)21(30-2)13-20(18)31-11-3-9-27-10-8-23(29,15-27)14-16-4-6-17(24)7-5-16/h4-7,12-13,29H,3,8-11,14-15H2,1-2H3,(H,26,28). The Balaban J connectivity index is 1.51. The van der Waals surface area contributed by atoms with Crippen LogP contribution in [-0.4, -0.2) is 61.9 Å². The molecule has 1 aliphatic heterocycles. The van der Waals surface area contributed by atoms with Gasteiger partial charge in [-0.3, -0.25) is 4.79 Å². The molecule has 1 saturated heterocycles. The maximum Gasteiger partial charge on any atom is 0.254 e. The lowest BCUT2D eigenvalue weighted by atomic mass is 9.94. The van der Waals surface area contributed by atoms with Crippen LogP contribution in [0.5, 0.6) is 11.5 Å². The number of ether oxygens (including phenoxy) is 2. The molecular weight excluding hydrogens is 439 g/mol. The van der Waals surface area contributed by atoms with Crippen LogP contribution in [0.2, 0.25) is 10.0 Å². The van der Waals surface area contributed by atoms with E-state index in [0.29, 0.717) is 46.7 Å². The Kier molecular flexibility index (Phi) is 8.06. The van der Waals surface area contributed by atoms with Crippen molar-refractivity contribution in [1.29, 1.82) is 0 Å². The molecule has 1 atom stereocenters. The van der Waals surface area contributed by atoms with Crippen LogP contribution in [0.1, 0.15) is 28.8 Å². The molecule has 1 amide bonds.